The average Bonchev–Trinajstić information content (AvgIpc) is 2.73. The molecular formula is C12H20N2O3. The van der Waals surface area contributed by atoms with Gasteiger partial charge >= 0.3 is 0 Å². The molecule has 0 aromatic carbocycles. The molecule has 5 heteroatoms. The Balaban J connectivity index is 1.71. The lowest BCUT2D eigenvalue weighted by atomic mass is 9.97. The predicted octanol–water partition coefficient (Wildman–Crippen LogP) is 0.0538. The Hall–Kier alpha value is -1.10. The Labute approximate surface area is 101 Å². The van der Waals surface area contributed by atoms with Gasteiger partial charge in [-0.3, -0.25) is 9.59 Å². The van der Waals surface area contributed by atoms with E-state index in [4.69, 9.17) is 4.74 Å². The maximum Gasteiger partial charge on any atom is 0.224 e. The molecule has 17 heavy (non-hydrogen) atoms. The van der Waals surface area contributed by atoms with Crippen molar-refractivity contribution in [2.45, 2.75) is 32.3 Å². The molecule has 2 aliphatic rings. The van der Waals surface area contributed by atoms with Crippen molar-refractivity contribution in [3.05, 3.63) is 0 Å². The molecule has 2 heterocycles. The summed E-state index contributed by atoms with van der Waals surface area (Å²) in [7, 11) is 0. The largest absolute Gasteiger partial charge is 0.378 e. The molecule has 0 radical (unpaired) electrons. The molecule has 2 rings (SSSR count). The third-order valence-electron chi connectivity index (χ3n) is 3.71. The summed E-state index contributed by atoms with van der Waals surface area (Å²) < 4.78 is 5.45. The minimum atomic E-state index is -0.0645. The fourth-order valence-electron chi connectivity index (χ4n) is 2.38. The first-order valence-corrected chi connectivity index (χ1v) is 6.33. The van der Waals surface area contributed by atoms with E-state index in [1.165, 1.54) is 0 Å². The maximum atomic E-state index is 11.9. The highest BCUT2D eigenvalue weighted by molar-refractivity contribution is 5.83. The lowest BCUT2D eigenvalue weighted by Crippen LogP contribution is -2.44. The van der Waals surface area contributed by atoms with E-state index < -0.39 is 0 Å². The predicted molar refractivity (Wildman–Crippen MR) is 62.3 cm³/mol. The van der Waals surface area contributed by atoms with E-state index in [1.54, 1.807) is 0 Å². The first-order valence-electron chi connectivity index (χ1n) is 6.33. The van der Waals surface area contributed by atoms with Gasteiger partial charge in [0.1, 0.15) is 0 Å². The van der Waals surface area contributed by atoms with Crippen LogP contribution in [0.3, 0.4) is 0 Å². The Morgan fingerprint density at radius 1 is 1.53 bits per heavy atom. The summed E-state index contributed by atoms with van der Waals surface area (Å²) in [4.78, 5) is 22.8. The van der Waals surface area contributed by atoms with Crippen LogP contribution in [0.25, 0.3) is 0 Å². The zero-order valence-electron chi connectivity index (χ0n) is 10.2. The summed E-state index contributed by atoms with van der Waals surface area (Å²) in [6.07, 6.45) is 2.37. The van der Waals surface area contributed by atoms with Crippen LogP contribution in [0.15, 0.2) is 0 Å². The van der Waals surface area contributed by atoms with Gasteiger partial charge in [-0.15, -0.1) is 0 Å². The molecule has 2 saturated heterocycles. The number of amides is 2. The first-order chi connectivity index (χ1) is 8.16. The summed E-state index contributed by atoms with van der Waals surface area (Å²) in [5.41, 5.74) is 0. The highest BCUT2D eigenvalue weighted by atomic mass is 16.5. The Morgan fingerprint density at radius 3 is 2.94 bits per heavy atom. The van der Waals surface area contributed by atoms with Crippen molar-refractivity contribution in [3.63, 3.8) is 0 Å². The van der Waals surface area contributed by atoms with Crippen LogP contribution in [-0.4, -0.2) is 37.6 Å². The van der Waals surface area contributed by atoms with E-state index in [9.17, 15) is 9.59 Å². The van der Waals surface area contributed by atoms with Gasteiger partial charge in [0.2, 0.25) is 11.8 Å². The van der Waals surface area contributed by atoms with E-state index in [0.717, 1.165) is 13.0 Å². The summed E-state index contributed by atoms with van der Waals surface area (Å²) in [6, 6.07) is 0. The smallest absolute Gasteiger partial charge is 0.224 e. The molecule has 2 fully saturated rings. The molecule has 0 spiro atoms. The van der Waals surface area contributed by atoms with Crippen molar-refractivity contribution < 1.29 is 14.3 Å². The monoisotopic (exact) mass is 240 g/mol. The number of rotatable bonds is 3. The molecule has 0 aromatic heterocycles. The van der Waals surface area contributed by atoms with E-state index in [1.807, 2.05) is 6.92 Å². The van der Waals surface area contributed by atoms with Gasteiger partial charge in [-0.25, -0.2) is 0 Å². The molecule has 2 aliphatic heterocycles. The molecule has 3 unspecified atom stereocenters. The van der Waals surface area contributed by atoms with Crippen molar-refractivity contribution in [1.29, 1.82) is 0 Å². The number of ether oxygens (including phenoxy) is 1. The van der Waals surface area contributed by atoms with Gasteiger partial charge in [-0.1, -0.05) is 0 Å². The van der Waals surface area contributed by atoms with Crippen LogP contribution < -0.4 is 10.6 Å². The van der Waals surface area contributed by atoms with Crippen LogP contribution in [-0.2, 0) is 14.3 Å². The van der Waals surface area contributed by atoms with Crippen LogP contribution in [0.1, 0.15) is 26.2 Å². The van der Waals surface area contributed by atoms with E-state index in [-0.39, 0.29) is 23.8 Å². The Kier molecular flexibility index (Phi) is 3.99. The highest BCUT2D eigenvalue weighted by Crippen LogP contribution is 2.19. The van der Waals surface area contributed by atoms with Crippen LogP contribution >= 0.6 is 0 Å². The molecule has 0 bridgehead atoms. The molecule has 5 nitrogen and oxygen atoms in total. The van der Waals surface area contributed by atoms with E-state index in [0.29, 0.717) is 31.8 Å². The van der Waals surface area contributed by atoms with Crippen molar-refractivity contribution in [2.24, 2.45) is 11.8 Å². The van der Waals surface area contributed by atoms with Crippen molar-refractivity contribution in [3.8, 4) is 0 Å². The fourth-order valence-corrected chi connectivity index (χ4v) is 2.38. The van der Waals surface area contributed by atoms with Gasteiger partial charge in [0.15, 0.2) is 0 Å². The average molecular weight is 240 g/mol. The number of carbonyl (C=O) groups excluding carboxylic acids is 2. The number of hydrogen-bond acceptors (Lipinski definition) is 3. The number of nitrogens with one attached hydrogen (secondary N) is 2. The lowest BCUT2D eigenvalue weighted by Gasteiger charge is -2.23. The third kappa shape index (κ3) is 3.19. The van der Waals surface area contributed by atoms with Gasteiger partial charge < -0.3 is 15.4 Å². The molecule has 0 aromatic rings. The van der Waals surface area contributed by atoms with Gasteiger partial charge in [0.25, 0.3) is 0 Å². The minimum absolute atomic E-state index is 0.0480. The summed E-state index contributed by atoms with van der Waals surface area (Å²) in [5, 5.41) is 5.69. The van der Waals surface area contributed by atoms with Crippen LogP contribution in [0, 0.1) is 11.8 Å². The SMILES string of the molecule is CC1OCCC1CNC(=O)C1CCC(=O)NC1. The standard InChI is InChI=1S/C12H20N2O3/c1-8-9(4-5-17-8)6-14-12(16)10-2-3-11(15)13-7-10/h8-10H,2-7H2,1H3,(H,13,15)(H,14,16). The van der Waals surface area contributed by atoms with Gasteiger partial charge in [-0.2, -0.15) is 0 Å². The number of hydrogen-bond donors (Lipinski definition) is 2. The topological polar surface area (TPSA) is 67.4 Å². The van der Waals surface area contributed by atoms with Crippen molar-refractivity contribution in [1.82, 2.24) is 10.6 Å². The summed E-state index contributed by atoms with van der Waals surface area (Å²) in [5.74, 6) is 0.471. The molecule has 2 amide bonds. The second-order valence-corrected chi connectivity index (χ2v) is 4.91. The molecule has 0 aliphatic carbocycles. The molecule has 96 valence electrons. The first kappa shape index (κ1) is 12.4. The second kappa shape index (κ2) is 5.49. The Morgan fingerprint density at radius 2 is 2.35 bits per heavy atom. The number of piperidine rings is 1. The van der Waals surface area contributed by atoms with Crippen molar-refractivity contribution >= 4 is 11.8 Å². The van der Waals surface area contributed by atoms with Gasteiger partial charge in [0, 0.05) is 32.0 Å². The fraction of sp³-hybridized carbons (Fsp3) is 0.833. The quantitative estimate of drug-likeness (QED) is 0.732. The lowest BCUT2D eigenvalue weighted by molar-refractivity contribution is -0.129. The third-order valence-corrected chi connectivity index (χ3v) is 3.71. The molecule has 2 N–H and O–H groups in total. The normalized spacial score (nSPS) is 33.2. The van der Waals surface area contributed by atoms with Crippen LogP contribution in [0.4, 0.5) is 0 Å². The summed E-state index contributed by atoms with van der Waals surface area (Å²) >= 11 is 0. The highest BCUT2D eigenvalue weighted by Gasteiger charge is 2.27. The van der Waals surface area contributed by atoms with Crippen molar-refractivity contribution in [2.75, 3.05) is 19.7 Å². The molecular weight excluding hydrogens is 220 g/mol. The summed E-state index contributed by atoms with van der Waals surface area (Å²) in [6.45, 7) is 4.00. The molecule has 0 saturated carbocycles. The second-order valence-electron chi connectivity index (χ2n) is 4.91. The maximum absolute atomic E-state index is 11.9. The van der Waals surface area contributed by atoms with Gasteiger partial charge in [0.05, 0.1) is 12.0 Å². The van der Waals surface area contributed by atoms with Gasteiger partial charge in [-0.05, 0) is 19.8 Å². The van der Waals surface area contributed by atoms with E-state index in [2.05, 4.69) is 10.6 Å². The Bertz CT molecular complexity index is 296. The zero-order chi connectivity index (χ0) is 12.3. The number of carbonyl (C=O) groups is 2. The van der Waals surface area contributed by atoms with E-state index >= 15 is 0 Å². The minimum Gasteiger partial charge on any atom is -0.378 e. The zero-order valence-corrected chi connectivity index (χ0v) is 10.2. The molecule has 3 atom stereocenters. The van der Waals surface area contributed by atoms with Crippen LogP contribution in [0.2, 0.25) is 0 Å². The van der Waals surface area contributed by atoms with Crippen LogP contribution in [0.5, 0.6) is 0 Å².